The number of hydrogen-bond acceptors (Lipinski definition) is 6. The molecule has 4 heterocycles. The van der Waals surface area contributed by atoms with Crippen LogP contribution in [-0.2, 0) is 17.6 Å². The molecule has 2 atom stereocenters. The summed E-state index contributed by atoms with van der Waals surface area (Å²) >= 11 is 1.77. The zero-order valence-electron chi connectivity index (χ0n) is 15.6. The van der Waals surface area contributed by atoms with Crippen LogP contribution in [0.25, 0.3) is 15.9 Å². The smallest absolute Gasteiger partial charge is 0.291 e. The monoisotopic (exact) mass is 385 g/mol. The molecule has 3 aromatic rings. The third-order valence-corrected chi connectivity index (χ3v) is 6.79. The summed E-state index contributed by atoms with van der Waals surface area (Å²) in [6, 6.07) is 0. The van der Waals surface area contributed by atoms with Crippen LogP contribution in [0.15, 0.2) is 0 Å². The number of aromatic nitrogens is 4. The molecule has 27 heavy (non-hydrogen) atoms. The third-order valence-electron chi connectivity index (χ3n) is 5.61. The van der Waals surface area contributed by atoms with Crippen molar-refractivity contribution in [2.75, 3.05) is 13.2 Å². The summed E-state index contributed by atoms with van der Waals surface area (Å²) in [5, 5.41) is 8.44. The second-order valence-corrected chi connectivity index (χ2v) is 8.79. The first-order valence-electron chi connectivity index (χ1n) is 9.67. The lowest BCUT2D eigenvalue weighted by molar-refractivity contribution is 0.0849. The first-order chi connectivity index (χ1) is 13.1. The van der Waals surface area contributed by atoms with Gasteiger partial charge in [-0.25, -0.2) is 9.97 Å². The van der Waals surface area contributed by atoms with Crippen LogP contribution >= 0.6 is 11.3 Å². The van der Waals surface area contributed by atoms with Crippen LogP contribution < -0.4 is 5.32 Å². The van der Waals surface area contributed by atoms with Gasteiger partial charge in [0.15, 0.2) is 5.65 Å². The van der Waals surface area contributed by atoms with Gasteiger partial charge in [0.1, 0.15) is 10.7 Å². The number of carbonyl (C=O) groups excluding carboxylic acids is 1. The van der Waals surface area contributed by atoms with Crippen LogP contribution in [0.2, 0.25) is 0 Å². The molecule has 1 aliphatic carbocycles. The summed E-state index contributed by atoms with van der Waals surface area (Å²) in [5.41, 5.74) is 2.11. The van der Waals surface area contributed by atoms with Gasteiger partial charge in [0, 0.05) is 18.0 Å². The number of amides is 1. The number of ether oxygens (including phenoxy) is 1. The van der Waals surface area contributed by atoms with Crippen molar-refractivity contribution >= 4 is 33.1 Å². The van der Waals surface area contributed by atoms with Gasteiger partial charge in [-0.15, -0.1) is 16.4 Å². The third kappa shape index (κ3) is 2.91. The minimum atomic E-state index is -0.251. The van der Waals surface area contributed by atoms with Gasteiger partial charge in [-0.2, -0.15) is 4.52 Å². The Balaban J connectivity index is 1.54. The molecule has 1 saturated heterocycles. The topological polar surface area (TPSA) is 81.4 Å². The lowest BCUT2D eigenvalue weighted by Gasteiger charge is -2.17. The zero-order chi connectivity index (χ0) is 18.5. The van der Waals surface area contributed by atoms with Crippen LogP contribution in [0.5, 0.6) is 0 Å². The van der Waals surface area contributed by atoms with Crippen molar-refractivity contribution in [2.45, 2.75) is 52.1 Å². The summed E-state index contributed by atoms with van der Waals surface area (Å²) in [5.74, 6) is 1.37. The average molecular weight is 385 g/mol. The van der Waals surface area contributed by atoms with Gasteiger partial charge in [-0.1, -0.05) is 6.92 Å². The van der Waals surface area contributed by atoms with Gasteiger partial charge in [-0.3, -0.25) is 4.79 Å². The van der Waals surface area contributed by atoms with Crippen molar-refractivity contribution in [3.8, 4) is 0 Å². The largest absolute Gasteiger partial charge is 0.376 e. The quantitative estimate of drug-likeness (QED) is 0.750. The van der Waals surface area contributed by atoms with E-state index in [9.17, 15) is 4.79 Å². The second-order valence-electron chi connectivity index (χ2n) is 7.71. The number of carbonyl (C=O) groups is 1. The SMILES string of the molecule is Cc1nc2sc3c(c2c2nc(C(=O)NCC4CCCO4)nn12)CC(C)CC3. The maximum absolute atomic E-state index is 12.6. The summed E-state index contributed by atoms with van der Waals surface area (Å²) in [6.07, 6.45) is 5.51. The highest BCUT2D eigenvalue weighted by atomic mass is 32.1. The van der Waals surface area contributed by atoms with Crippen molar-refractivity contribution in [1.29, 1.82) is 0 Å². The highest BCUT2D eigenvalue weighted by molar-refractivity contribution is 7.19. The van der Waals surface area contributed by atoms with Crippen LogP contribution in [0.3, 0.4) is 0 Å². The first kappa shape index (κ1) is 17.1. The van der Waals surface area contributed by atoms with Crippen molar-refractivity contribution in [2.24, 2.45) is 5.92 Å². The number of aryl methyl sites for hydroxylation is 2. The Labute approximate surface area is 161 Å². The number of fused-ring (bicyclic) bond motifs is 5. The molecule has 2 aliphatic rings. The summed E-state index contributed by atoms with van der Waals surface area (Å²) in [4.78, 5) is 24.4. The van der Waals surface area contributed by atoms with E-state index in [-0.39, 0.29) is 17.8 Å². The van der Waals surface area contributed by atoms with E-state index >= 15 is 0 Å². The molecule has 2 unspecified atom stereocenters. The molecule has 0 aromatic carbocycles. The van der Waals surface area contributed by atoms with Crippen molar-refractivity contribution in [3.05, 3.63) is 22.1 Å². The van der Waals surface area contributed by atoms with E-state index in [1.807, 2.05) is 6.92 Å². The molecule has 0 saturated carbocycles. The standard InChI is InChI=1S/C19H23N5O2S/c1-10-5-6-14-13(8-10)15-17-22-16(18(25)20-9-12-4-3-7-26-12)23-24(17)11(2)21-19(15)27-14/h10,12H,3-9H2,1-2H3,(H,20,25). The molecular formula is C19H23N5O2S. The molecule has 1 N–H and O–H groups in total. The van der Waals surface area contributed by atoms with E-state index < -0.39 is 0 Å². The molecule has 1 fully saturated rings. The van der Waals surface area contributed by atoms with E-state index in [4.69, 9.17) is 9.72 Å². The zero-order valence-corrected chi connectivity index (χ0v) is 16.4. The minimum Gasteiger partial charge on any atom is -0.376 e. The fraction of sp³-hybridized carbons (Fsp3) is 0.579. The highest BCUT2D eigenvalue weighted by Crippen LogP contribution is 2.38. The van der Waals surface area contributed by atoms with E-state index in [1.165, 1.54) is 16.9 Å². The maximum atomic E-state index is 12.6. The normalized spacial score (nSPS) is 22.4. The van der Waals surface area contributed by atoms with Gasteiger partial charge in [0.25, 0.3) is 5.91 Å². The lowest BCUT2D eigenvalue weighted by atomic mass is 9.89. The van der Waals surface area contributed by atoms with Gasteiger partial charge in [0.2, 0.25) is 5.82 Å². The number of nitrogens with one attached hydrogen (secondary N) is 1. The van der Waals surface area contributed by atoms with Gasteiger partial charge in [0.05, 0.1) is 11.5 Å². The van der Waals surface area contributed by atoms with Crippen molar-refractivity contribution in [1.82, 2.24) is 24.9 Å². The molecule has 0 spiro atoms. The van der Waals surface area contributed by atoms with Crippen molar-refractivity contribution in [3.63, 3.8) is 0 Å². The fourth-order valence-corrected chi connectivity index (χ4v) is 5.39. The summed E-state index contributed by atoms with van der Waals surface area (Å²) < 4.78 is 7.29. The van der Waals surface area contributed by atoms with E-state index in [0.717, 1.165) is 54.0 Å². The van der Waals surface area contributed by atoms with E-state index in [2.05, 4.69) is 22.3 Å². The summed E-state index contributed by atoms with van der Waals surface area (Å²) in [6.45, 7) is 5.49. The number of nitrogens with zero attached hydrogens (tertiary/aromatic N) is 4. The van der Waals surface area contributed by atoms with Gasteiger partial charge < -0.3 is 10.1 Å². The Bertz CT molecular complexity index is 1030. The van der Waals surface area contributed by atoms with Crippen LogP contribution in [0.1, 0.15) is 53.1 Å². The van der Waals surface area contributed by atoms with Gasteiger partial charge >= 0.3 is 0 Å². The first-order valence-corrected chi connectivity index (χ1v) is 10.5. The van der Waals surface area contributed by atoms with E-state index in [0.29, 0.717) is 12.5 Å². The number of rotatable bonds is 3. The fourth-order valence-electron chi connectivity index (χ4n) is 4.13. The molecule has 0 bridgehead atoms. The summed E-state index contributed by atoms with van der Waals surface area (Å²) in [7, 11) is 0. The Hall–Kier alpha value is -2.06. The van der Waals surface area contributed by atoms with Crippen LogP contribution in [0, 0.1) is 12.8 Å². The Morgan fingerprint density at radius 3 is 3.07 bits per heavy atom. The molecule has 1 amide bonds. The Morgan fingerprint density at radius 1 is 1.37 bits per heavy atom. The van der Waals surface area contributed by atoms with Gasteiger partial charge in [-0.05, 0) is 50.5 Å². The molecule has 1 aliphatic heterocycles. The predicted octanol–water partition coefficient (Wildman–Crippen LogP) is 2.68. The maximum Gasteiger partial charge on any atom is 0.291 e. The molecule has 8 heteroatoms. The molecule has 3 aromatic heterocycles. The molecule has 5 rings (SSSR count). The molecule has 142 valence electrons. The lowest BCUT2D eigenvalue weighted by Crippen LogP contribution is -2.32. The van der Waals surface area contributed by atoms with E-state index in [1.54, 1.807) is 15.9 Å². The number of thiophene rings is 1. The molecular weight excluding hydrogens is 362 g/mol. The molecule has 0 radical (unpaired) electrons. The van der Waals surface area contributed by atoms with Crippen LogP contribution in [0.4, 0.5) is 0 Å². The highest BCUT2D eigenvalue weighted by Gasteiger charge is 2.26. The average Bonchev–Trinajstić information content (AvgIpc) is 3.37. The predicted molar refractivity (Wildman–Crippen MR) is 103 cm³/mol. The van der Waals surface area contributed by atoms with Crippen molar-refractivity contribution < 1.29 is 9.53 Å². The minimum absolute atomic E-state index is 0.103. The van der Waals surface area contributed by atoms with Crippen LogP contribution in [-0.4, -0.2) is 44.7 Å². The second kappa shape index (κ2) is 6.53. The number of hydrogen-bond donors (Lipinski definition) is 1. The Kier molecular flexibility index (Phi) is 4.12. The molecule has 7 nitrogen and oxygen atoms in total. The Morgan fingerprint density at radius 2 is 2.26 bits per heavy atom.